The zero-order valence-corrected chi connectivity index (χ0v) is 38.2. The molecule has 5 aromatic carbocycles. The molecule has 0 saturated heterocycles. The number of hydrogen-bond acceptors (Lipinski definition) is 13. The molecule has 2 amide bonds. The van der Waals surface area contributed by atoms with Crippen LogP contribution < -0.4 is 33.6 Å². The Morgan fingerprint density at radius 3 is 1.59 bits per heavy atom. The number of fused-ring (bicyclic) bond motifs is 8. The SMILES string of the molecule is COc1cc2c(cc1OCc1cc(COc3cc4c(cc3OC)C(=O)N3c5ccccc5C[C@H]3C=N4)cc(N(C)CCOCCOCCOCCC(=O)O)c1)N=C[C@@H]1Cc3ccccc3N1C2=O. The Morgan fingerprint density at radius 1 is 0.632 bits per heavy atom. The van der Waals surface area contributed by atoms with Gasteiger partial charge in [-0.3, -0.25) is 34.2 Å². The van der Waals surface area contributed by atoms with Gasteiger partial charge in [0.25, 0.3) is 11.8 Å². The second-order valence-corrected chi connectivity index (χ2v) is 16.7. The number of carboxylic acids is 1. The molecule has 16 nitrogen and oxygen atoms in total. The molecular formula is C52H53N5O11. The number of carboxylic acid groups (broad SMARTS) is 1. The van der Waals surface area contributed by atoms with Crippen molar-refractivity contribution in [3.63, 3.8) is 0 Å². The topological polar surface area (TPSA) is 170 Å². The summed E-state index contributed by atoms with van der Waals surface area (Å²) in [5.74, 6) is 0.486. The van der Waals surface area contributed by atoms with Gasteiger partial charge in [-0.25, -0.2) is 0 Å². The summed E-state index contributed by atoms with van der Waals surface area (Å²) >= 11 is 0. The van der Waals surface area contributed by atoms with Crippen LogP contribution in [0.2, 0.25) is 0 Å². The number of aliphatic imine (C=N–C) groups is 2. The van der Waals surface area contributed by atoms with Crippen LogP contribution in [0, 0.1) is 0 Å². The van der Waals surface area contributed by atoms with Crippen LogP contribution in [0.15, 0.2) is 101 Å². The van der Waals surface area contributed by atoms with E-state index in [9.17, 15) is 14.4 Å². The lowest BCUT2D eigenvalue weighted by atomic mass is 10.1. The zero-order valence-electron chi connectivity index (χ0n) is 38.2. The molecule has 2 atom stereocenters. The molecule has 1 N–H and O–H groups in total. The lowest BCUT2D eigenvalue weighted by Gasteiger charge is -2.23. The van der Waals surface area contributed by atoms with E-state index in [-0.39, 0.29) is 50.1 Å². The molecule has 0 bridgehead atoms. The molecule has 0 radical (unpaired) electrons. The van der Waals surface area contributed by atoms with Crippen molar-refractivity contribution in [3.8, 4) is 23.0 Å². The van der Waals surface area contributed by atoms with Crippen LogP contribution in [0.1, 0.15) is 49.4 Å². The number of ether oxygens (including phenoxy) is 7. The lowest BCUT2D eigenvalue weighted by molar-refractivity contribution is -0.138. The van der Waals surface area contributed by atoms with Gasteiger partial charge >= 0.3 is 5.97 Å². The Bertz CT molecular complexity index is 2600. The molecule has 68 heavy (non-hydrogen) atoms. The van der Waals surface area contributed by atoms with E-state index >= 15 is 0 Å². The first-order valence-corrected chi connectivity index (χ1v) is 22.6. The Kier molecular flexibility index (Phi) is 14.0. The molecule has 4 aliphatic heterocycles. The number of nitrogens with zero attached hydrogens (tertiary/aromatic N) is 5. The number of amides is 2. The van der Waals surface area contributed by atoms with Crippen LogP contribution in [-0.4, -0.2) is 115 Å². The molecule has 4 heterocycles. The minimum atomic E-state index is -0.901. The van der Waals surface area contributed by atoms with E-state index in [1.165, 1.54) is 0 Å². The molecule has 9 rings (SSSR count). The zero-order chi connectivity index (χ0) is 47.1. The highest BCUT2D eigenvalue weighted by molar-refractivity contribution is 6.15. The number of hydrogen-bond donors (Lipinski definition) is 1. The van der Waals surface area contributed by atoms with Crippen molar-refractivity contribution in [2.75, 3.05) is 82.2 Å². The van der Waals surface area contributed by atoms with Gasteiger partial charge in [0.15, 0.2) is 23.0 Å². The monoisotopic (exact) mass is 923 g/mol. The summed E-state index contributed by atoms with van der Waals surface area (Å²) in [6.07, 6.45) is 4.99. The van der Waals surface area contributed by atoms with E-state index in [1.807, 2.05) is 86.2 Å². The highest BCUT2D eigenvalue weighted by Crippen LogP contribution is 2.43. The molecule has 0 aliphatic carbocycles. The van der Waals surface area contributed by atoms with Crippen LogP contribution in [0.3, 0.4) is 0 Å². The predicted octanol–water partition coefficient (Wildman–Crippen LogP) is 7.40. The van der Waals surface area contributed by atoms with Gasteiger partial charge in [-0.1, -0.05) is 36.4 Å². The highest BCUT2D eigenvalue weighted by Gasteiger charge is 2.38. The smallest absolute Gasteiger partial charge is 0.305 e. The first-order valence-electron chi connectivity index (χ1n) is 22.6. The molecule has 0 saturated carbocycles. The number of carbonyl (C=O) groups is 3. The molecule has 0 aromatic heterocycles. The van der Waals surface area contributed by atoms with Gasteiger partial charge in [-0.15, -0.1) is 0 Å². The maximum Gasteiger partial charge on any atom is 0.305 e. The normalized spacial score (nSPS) is 16.2. The van der Waals surface area contributed by atoms with Crippen molar-refractivity contribution >= 4 is 58.6 Å². The number of aliphatic carboxylic acids is 1. The Labute approximate surface area is 394 Å². The van der Waals surface area contributed by atoms with Crippen LogP contribution in [0.25, 0.3) is 0 Å². The average molecular weight is 924 g/mol. The van der Waals surface area contributed by atoms with Crippen molar-refractivity contribution in [1.29, 1.82) is 0 Å². The molecule has 5 aromatic rings. The summed E-state index contributed by atoms with van der Waals surface area (Å²) in [5.41, 5.74) is 8.40. The summed E-state index contributed by atoms with van der Waals surface area (Å²) in [6, 6.07) is 28.4. The average Bonchev–Trinajstić information content (AvgIpc) is 3.84. The van der Waals surface area contributed by atoms with Crippen molar-refractivity contribution in [3.05, 3.63) is 124 Å². The molecule has 0 unspecified atom stereocenters. The third kappa shape index (κ3) is 9.88. The van der Waals surface area contributed by atoms with Gasteiger partial charge in [0.1, 0.15) is 13.2 Å². The fraction of sp³-hybridized carbons (Fsp3) is 0.327. The first-order chi connectivity index (χ1) is 33.2. The number of carbonyl (C=O) groups excluding carboxylic acids is 2. The van der Waals surface area contributed by atoms with Gasteiger partial charge < -0.3 is 43.2 Å². The van der Waals surface area contributed by atoms with Gasteiger partial charge in [0.2, 0.25) is 0 Å². The largest absolute Gasteiger partial charge is 0.493 e. The number of likely N-dealkylation sites (N-methyl/N-ethyl adjacent to an activating group) is 1. The highest BCUT2D eigenvalue weighted by atomic mass is 16.5. The predicted molar refractivity (Wildman–Crippen MR) is 257 cm³/mol. The van der Waals surface area contributed by atoms with Gasteiger partial charge in [-0.05, 0) is 64.7 Å². The summed E-state index contributed by atoms with van der Waals surface area (Å²) in [5, 5.41) is 8.74. The molecule has 352 valence electrons. The quantitative estimate of drug-likeness (QED) is 0.0725. The fourth-order valence-corrected chi connectivity index (χ4v) is 8.86. The molecule has 16 heteroatoms. The Hall–Kier alpha value is -7.27. The summed E-state index contributed by atoms with van der Waals surface area (Å²) in [4.78, 5) is 53.9. The van der Waals surface area contributed by atoms with E-state index in [0.29, 0.717) is 97.9 Å². The third-order valence-electron chi connectivity index (χ3n) is 12.3. The lowest BCUT2D eigenvalue weighted by Crippen LogP contribution is -2.37. The molecule has 4 aliphatic rings. The van der Waals surface area contributed by atoms with Crippen LogP contribution in [0.5, 0.6) is 23.0 Å². The fourth-order valence-electron chi connectivity index (χ4n) is 8.86. The van der Waals surface area contributed by atoms with Crippen molar-refractivity contribution in [2.45, 2.75) is 44.6 Å². The number of benzene rings is 5. The second kappa shape index (κ2) is 20.7. The summed E-state index contributed by atoms with van der Waals surface area (Å²) in [6.45, 7) is 2.83. The number of methoxy groups -OCH3 is 2. The minimum Gasteiger partial charge on any atom is -0.493 e. The van der Waals surface area contributed by atoms with Crippen molar-refractivity contribution in [2.24, 2.45) is 9.98 Å². The number of rotatable bonds is 21. The number of para-hydroxylation sites is 2. The van der Waals surface area contributed by atoms with Crippen LogP contribution in [0.4, 0.5) is 28.4 Å². The minimum absolute atomic E-state index is 0.0448. The van der Waals surface area contributed by atoms with Gasteiger partial charge in [0.05, 0.1) is 94.9 Å². The Balaban J connectivity index is 0.912. The van der Waals surface area contributed by atoms with Gasteiger partial charge in [-0.2, -0.15) is 0 Å². The van der Waals surface area contributed by atoms with Crippen LogP contribution >= 0.6 is 0 Å². The van der Waals surface area contributed by atoms with E-state index in [2.05, 4.69) is 4.90 Å². The summed E-state index contributed by atoms with van der Waals surface area (Å²) < 4.78 is 41.3. The van der Waals surface area contributed by atoms with Gasteiger partial charge in [0, 0.05) is 68.1 Å². The van der Waals surface area contributed by atoms with E-state index in [1.54, 1.807) is 48.3 Å². The third-order valence-corrected chi connectivity index (χ3v) is 12.3. The number of anilines is 3. The maximum atomic E-state index is 14.0. The summed E-state index contributed by atoms with van der Waals surface area (Å²) in [7, 11) is 5.07. The molecular weight excluding hydrogens is 871 g/mol. The maximum absolute atomic E-state index is 14.0. The standard InChI is InChI=1S/C52H53N5O11/c1-55(13-15-65-17-19-66-18-16-64-14-12-50(58)59)37-21-33(31-67-48-27-42-40(25-46(48)62-2)51(60)56-38(29-53-42)23-35-8-4-6-10-44(35)56)20-34(22-37)32-68-49-28-43-41(26-47(49)63-3)52(61)57-39(30-54-43)24-36-9-5-7-11-45(36)57/h4-11,20-22,25-30,38-39H,12-19,23-24,31-32H2,1-3H3,(H,58,59)/t38-,39-/m0/s1. The second-order valence-electron chi connectivity index (χ2n) is 16.7. The molecule has 0 fully saturated rings. The first kappa shape index (κ1) is 45.9. The Morgan fingerprint density at radius 2 is 1.10 bits per heavy atom. The van der Waals surface area contributed by atoms with Crippen molar-refractivity contribution < 1.29 is 52.6 Å². The molecule has 0 spiro atoms. The van der Waals surface area contributed by atoms with Crippen molar-refractivity contribution in [1.82, 2.24) is 0 Å². The van der Waals surface area contributed by atoms with E-state index in [4.69, 9.17) is 48.2 Å². The van der Waals surface area contributed by atoms with E-state index < -0.39 is 5.97 Å². The van der Waals surface area contributed by atoms with Crippen LogP contribution in [-0.2, 0) is 45.1 Å². The van der Waals surface area contributed by atoms with E-state index in [0.717, 1.165) is 39.3 Å².